The van der Waals surface area contributed by atoms with Crippen LogP contribution in [0, 0.1) is 17.2 Å². The molecule has 1 atom stereocenters. The number of carboxylic acids is 2. The van der Waals surface area contributed by atoms with Crippen LogP contribution < -0.4 is 9.64 Å². The van der Waals surface area contributed by atoms with Crippen molar-refractivity contribution >= 4 is 23.7 Å². The molecule has 1 aromatic carbocycles. The second-order valence-corrected chi connectivity index (χ2v) is 14.1. The number of halogens is 1. The molecule has 14 heteroatoms. The van der Waals surface area contributed by atoms with Crippen molar-refractivity contribution in [1.29, 1.82) is 0 Å². The molecule has 270 valence electrons. The molecule has 1 amide bonds. The van der Waals surface area contributed by atoms with Gasteiger partial charge in [-0.1, -0.05) is 13.8 Å². The molecule has 1 spiro atoms. The molecule has 1 aromatic heterocycles. The highest BCUT2D eigenvalue weighted by atomic mass is 19.1. The van der Waals surface area contributed by atoms with Crippen molar-refractivity contribution < 1.29 is 33.7 Å². The van der Waals surface area contributed by atoms with Gasteiger partial charge in [-0.25, -0.2) is 19.0 Å². The molecule has 2 aliphatic heterocycles. The minimum absolute atomic E-state index is 0.0570. The fraction of sp³-hybridized carbons (Fsp3) is 0.600. The van der Waals surface area contributed by atoms with Crippen LogP contribution in [0.4, 0.5) is 10.2 Å². The van der Waals surface area contributed by atoms with Crippen LogP contribution in [-0.2, 0) is 9.59 Å². The van der Waals surface area contributed by atoms with Crippen LogP contribution in [0.25, 0.3) is 0 Å². The summed E-state index contributed by atoms with van der Waals surface area (Å²) in [6, 6.07) is 4.49. The number of benzene rings is 1. The Kier molecular flexibility index (Phi) is 14.0. The number of hydrogen-bond donors (Lipinski definition) is 2. The normalized spacial score (nSPS) is 16.3. The molecule has 0 bridgehead atoms. The summed E-state index contributed by atoms with van der Waals surface area (Å²) in [5, 5.41) is 23.8. The molecule has 2 aliphatic rings. The van der Waals surface area contributed by atoms with Crippen LogP contribution in [0.1, 0.15) is 71.2 Å². The molecular weight excluding hydrogens is 633 g/mol. The third kappa shape index (κ3) is 10.9. The summed E-state index contributed by atoms with van der Waals surface area (Å²) in [4.78, 5) is 46.0. The number of likely N-dealkylation sites (tertiary alicyclic amines) is 1. The lowest BCUT2D eigenvalue weighted by molar-refractivity contribution is -0.134. The Morgan fingerprint density at radius 1 is 1.02 bits per heavy atom. The summed E-state index contributed by atoms with van der Waals surface area (Å²) in [6.07, 6.45) is 6.04. The zero-order valence-corrected chi connectivity index (χ0v) is 30.0. The van der Waals surface area contributed by atoms with Crippen molar-refractivity contribution in [3.63, 3.8) is 0 Å². The molecule has 2 aromatic rings. The lowest BCUT2D eigenvalue weighted by Crippen LogP contribution is -2.62. The molecule has 0 saturated carbocycles. The average molecular weight is 686 g/mol. The minimum Gasteiger partial charge on any atom is -0.478 e. The Morgan fingerprint density at radius 3 is 2.20 bits per heavy atom. The number of rotatable bonds is 14. The highest BCUT2D eigenvalue weighted by Gasteiger charge is 2.50. The molecule has 2 saturated heterocycles. The maximum absolute atomic E-state index is 14.3. The van der Waals surface area contributed by atoms with Crippen LogP contribution in [0.3, 0.4) is 0 Å². The third-order valence-electron chi connectivity index (χ3n) is 8.82. The van der Waals surface area contributed by atoms with Crippen molar-refractivity contribution in [1.82, 2.24) is 29.9 Å². The van der Waals surface area contributed by atoms with Gasteiger partial charge >= 0.3 is 11.9 Å². The maximum Gasteiger partial charge on any atom is 0.328 e. The van der Waals surface area contributed by atoms with E-state index in [2.05, 4.69) is 57.8 Å². The smallest absolute Gasteiger partial charge is 0.328 e. The molecule has 2 fully saturated rings. The fourth-order valence-electron chi connectivity index (χ4n) is 6.73. The number of ether oxygens (including phenoxy) is 1. The molecule has 2 N–H and O–H groups in total. The van der Waals surface area contributed by atoms with Gasteiger partial charge in [0.1, 0.15) is 17.9 Å². The van der Waals surface area contributed by atoms with E-state index in [1.165, 1.54) is 37.4 Å². The van der Waals surface area contributed by atoms with Crippen molar-refractivity contribution in [2.75, 3.05) is 51.7 Å². The van der Waals surface area contributed by atoms with Gasteiger partial charge in [0.15, 0.2) is 5.82 Å². The summed E-state index contributed by atoms with van der Waals surface area (Å²) in [5.41, 5.74) is 0.383. The number of carbonyl (C=O) groups excluding carboxylic acids is 1. The first kappa shape index (κ1) is 39.3. The van der Waals surface area contributed by atoms with E-state index in [9.17, 15) is 18.8 Å². The highest BCUT2D eigenvalue weighted by molar-refractivity contribution is 5.97. The highest BCUT2D eigenvalue weighted by Crippen LogP contribution is 2.44. The van der Waals surface area contributed by atoms with Gasteiger partial charge in [-0.3, -0.25) is 9.69 Å². The van der Waals surface area contributed by atoms with E-state index >= 15 is 0 Å². The Balaban J connectivity index is 0.000000723. The van der Waals surface area contributed by atoms with E-state index in [-0.39, 0.29) is 40.6 Å². The fourth-order valence-corrected chi connectivity index (χ4v) is 6.73. The molecule has 1 unspecified atom stereocenters. The topological polar surface area (TPSA) is 153 Å². The molecular formula is C35H52FN7O6. The summed E-state index contributed by atoms with van der Waals surface area (Å²) >= 11 is 0. The molecule has 49 heavy (non-hydrogen) atoms. The van der Waals surface area contributed by atoms with Crippen molar-refractivity contribution in [3.05, 3.63) is 48.1 Å². The molecule has 4 rings (SSSR count). The van der Waals surface area contributed by atoms with E-state index in [1.54, 1.807) is 4.90 Å². The molecule has 13 nitrogen and oxygen atoms in total. The van der Waals surface area contributed by atoms with Gasteiger partial charge in [-0.05, 0) is 91.7 Å². The first-order valence-electron chi connectivity index (χ1n) is 16.8. The van der Waals surface area contributed by atoms with Gasteiger partial charge in [0.2, 0.25) is 0 Å². The number of carbonyl (C=O) groups is 3. The van der Waals surface area contributed by atoms with E-state index in [4.69, 9.17) is 14.9 Å². The van der Waals surface area contributed by atoms with Crippen molar-refractivity contribution in [3.8, 4) is 11.6 Å². The van der Waals surface area contributed by atoms with Crippen molar-refractivity contribution in [2.45, 2.75) is 78.9 Å². The number of nitrogens with zero attached hydrogens (tertiary/aromatic N) is 7. The largest absolute Gasteiger partial charge is 0.478 e. The summed E-state index contributed by atoms with van der Waals surface area (Å²) in [6.45, 7) is 17.4. The predicted molar refractivity (Wildman–Crippen MR) is 184 cm³/mol. The van der Waals surface area contributed by atoms with E-state index in [0.29, 0.717) is 29.9 Å². The lowest BCUT2D eigenvalue weighted by Gasteiger charge is -2.53. The third-order valence-corrected chi connectivity index (χ3v) is 8.82. The summed E-state index contributed by atoms with van der Waals surface area (Å²) < 4.78 is 20.5. The second kappa shape index (κ2) is 17.5. The van der Waals surface area contributed by atoms with Gasteiger partial charge in [0.05, 0.1) is 5.56 Å². The monoisotopic (exact) mass is 685 g/mol. The van der Waals surface area contributed by atoms with Gasteiger partial charge in [0.25, 0.3) is 11.8 Å². The number of aromatic nitrogens is 3. The van der Waals surface area contributed by atoms with Crippen LogP contribution in [0.2, 0.25) is 0 Å². The number of carboxylic acid groups (broad SMARTS) is 2. The van der Waals surface area contributed by atoms with E-state index in [1.807, 2.05) is 27.7 Å². The maximum atomic E-state index is 14.3. The van der Waals surface area contributed by atoms with Gasteiger partial charge in [0, 0.05) is 61.9 Å². The first-order valence-corrected chi connectivity index (χ1v) is 16.8. The Hall–Kier alpha value is -4.17. The zero-order chi connectivity index (χ0) is 36.5. The summed E-state index contributed by atoms with van der Waals surface area (Å²) in [7, 11) is 4.27. The van der Waals surface area contributed by atoms with E-state index < -0.39 is 17.8 Å². The zero-order valence-electron chi connectivity index (χ0n) is 30.0. The number of hydrogen-bond acceptors (Lipinski definition) is 10. The number of aliphatic carboxylic acids is 2. The van der Waals surface area contributed by atoms with Crippen LogP contribution >= 0.6 is 0 Å². The predicted octanol–water partition coefficient (Wildman–Crippen LogP) is 4.65. The summed E-state index contributed by atoms with van der Waals surface area (Å²) in [5.74, 6) is -1.61. The number of anilines is 1. The van der Waals surface area contributed by atoms with Crippen LogP contribution in [0.5, 0.6) is 11.6 Å². The Labute approximate surface area is 288 Å². The first-order chi connectivity index (χ1) is 23.0. The SMILES string of the molecule is CC(C)C(CCCN(C)C)N1CC2(CCN(c3ncnnc3Oc3ccc(F)cc3C(=O)N(C(C)C)C(C)C)C2)C1.O=C(O)/C=C/C(=O)O. The Bertz CT molecular complexity index is 1440. The quantitative estimate of drug-likeness (QED) is 0.266. The molecule has 3 heterocycles. The Morgan fingerprint density at radius 2 is 1.65 bits per heavy atom. The minimum atomic E-state index is -1.26. The molecule has 0 aliphatic carbocycles. The average Bonchev–Trinajstić information content (AvgIpc) is 3.44. The number of amides is 1. The van der Waals surface area contributed by atoms with E-state index in [0.717, 1.165) is 39.1 Å². The van der Waals surface area contributed by atoms with Gasteiger partial charge in [-0.15, -0.1) is 10.2 Å². The second-order valence-electron chi connectivity index (χ2n) is 14.1. The van der Waals surface area contributed by atoms with Gasteiger partial charge in [-0.2, -0.15) is 0 Å². The van der Waals surface area contributed by atoms with Gasteiger partial charge < -0.3 is 29.6 Å². The van der Waals surface area contributed by atoms with Crippen molar-refractivity contribution in [2.24, 2.45) is 11.3 Å². The standard InChI is InChI=1S/C31H48FN7O2.C4H4O4/c1-21(2)26(10-9-14-36(7)8)38-18-31(19-38)13-15-37(17-31)28-29(35-34-20-33-28)41-27-12-11-24(32)16-25(27)30(40)39(22(3)4)23(5)6;5-3(6)1-2-4(7)8/h11-12,16,20-23,26H,9-10,13-15,17-19H2,1-8H3;1-2H,(H,5,6)(H,7,8)/b;2-1+. The van der Waals surface area contributed by atoms with Crippen LogP contribution in [0.15, 0.2) is 36.7 Å². The van der Waals surface area contributed by atoms with Crippen LogP contribution in [-0.4, -0.2) is 123 Å². The lowest BCUT2D eigenvalue weighted by atomic mass is 9.76. The molecule has 0 radical (unpaired) electrons.